The Hall–Kier alpha value is -4.07. The van der Waals surface area contributed by atoms with Crippen LogP contribution in [0.5, 0.6) is 0 Å². The number of rotatable bonds is 5. The summed E-state index contributed by atoms with van der Waals surface area (Å²) < 4.78 is 25.4. The minimum absolute atomic E-state index is 0.0721. The lowest BCUT2D eigenvalue weighted by Crippen LogP contribution is -2.24. The SMILES string of the molecule is Cc1ccc(-c2nn(Cc3ccc(-c4ccccc4S(N)(=O)=O)cc3)c(=O)c3ccccc23)cc1. The standard InChI is InChI=1S/C28H23N3O3S/c1-19-10-14-22(15-11-19)27-24-7-2-3-8-25(24)28(32)31(30-27)18-20-12-16-21(17-13-20)23-6-4-5-9-26(23)35(29,33)34/h2-17H,18H2,1H3,(H2,29,33,34). The van der Waals surface area contributed by atoms with Gasteiger partial charge in [-0.2, -0.15) is 5.10 Å². The predicted octanol–water partition coefficient (Wildman–Crippen LogP) is 4.73. The zero-order valence-corrected chi connectivity index (χ0v) is 19.9. The van der Waals surface area contributed by atoms with Crippen molar-refractivity contribution >= 4 is 20.8 Å². The molecule has 0 aliphatic rings. The second-order valence-corrected chi connectivity index (χ2v) is 9.99. The van der Waals surface area contributed by atoms with Crippen LogP contribution in [-0.4, -0.2) is 18.2 Å². The van der Waals surface area contributed by atoms with Gasteiger partial charge in [-0.05, 0) is 30.2 Å². The molecule has 1 aromatic heterocycles. The smallest absolute Gasteiger partial charge is 0.267 e. The summed E-state index contributed by atoms with van der Waals surface area (Å²) in [6.07, 6.45) is 0. The fraction of sp³-hybridized carbons (Fsp3) is 0.0714. The molecule has 0 amide bonds. The molecule has 7 heteroatoms. The maximum absolute atomic E-state index is 13.2. The molecule has 174 valence electrons. The summed E-state index contributed by atoms with van der Waals surface area (Å²) in [6, 6.07) is 29.6. The first-order chi connectivity index (χ1) is 16.8. The number of aromatic nitrogens is 2. The lowest BCUT2D eigenvalue weighted by Gasteiger charge is -2.12. The molecule has 0 aliphatic heterocycles. The molecule has 0 saturated carbocycles. The Balaban J connectivity index is 1.55. The molecular weight excluding hydrogens is 458 g/mol. The van der Waals surface area contributed by atoms with Gasteiger partial charge in [-0.1, -0.05) is 90.5 Å². The average Bonchev–Trinajstić information content (AvgIpc) is 2.86. The van der Waals surface area contributed by atoms with E-state index >= 15 is 0 Å². The lowest BCUT2D eigenvalue weighted by atomic mass is 10.0. The number of nitrogens with two attached hydrogens (primary N) is 1. The number of sulfonamides is 1. The van der Waals surface area contributed by atoms with Crippen LogP contribution in [0.2, 0.25) is 0 Å². The zero-order valence-electron chi connectivity index (χ0n) is 19.0. The molecule has 35 heavy (non-hydrogen) atoms. The van der Waals surface area contributed by atoms with Crippen molar-refractivity contribution in [2.45, 2.75) is 18.4 Å². The minimum Gasteiger partial charge on any atom is -0.267 e. The highest BCUT2D eigenvalue weighted by Crippen LogP contribution is 2.28. The van der Waals surface area contributed by atoms with Gasteiger partial charge >= 0.3 is 0 Å². The van der Waals surface area contributed by atoms with Gasteiger partial charge in [0.15, 0.2) is 0 Å². The van der Waals surface area contributed by atoms with Crippen molar-refractivity contribution in [1.82, 2.24) is 9.78 Å². The molecular formula is C28H23N3O3S. The van der Waals surface area contributed by atoms with Gasteiger partial charge in [0.05, 0.1) is 22.5 Å². The Bertz CT molecular complexity index is 1710. The second kappa shape index (κ2) is 8.94. The lowest BCUT2D eigenvalue weighted by molar-refractivity contribution is 0.598. The third-order valence-corrected chi connectivity index (χ3v) is 6.95. The van der Waals surface area contributed by atoms with E-state index in [0.717, 1.165) is 33.3 Å². The van der Waals surface area contributed by atoms with Gasteiger partial charge in [0, 0.05) is 16.5 Å². The predicted molar refractivity (Wildman–Crippen MR) is 139 cm³/mol. The molecule has 0 fully saturated rings. The first kappa shape index (κ1) is 22.7. The van der Waals surface area contributed by atoms with Crippen molar-refractivity contribution in [2.75, 3.05) is 0 Å². The molecule has 0 aliphatic carbocycles. The van der Waals surface area contributed by atoms with Crippen molar-refractivity contribution in [3.05, 3.63) is 119 Å². The molecule has 2 N–H and O–H groups in total. The Morgan fingerprint density at radius 3 is 2.06 bits per heavy atom. The maximum atomic E-state index is 13.2. The van der Waals surface area contributed by atoms with Crippen LogP contribution in [0.1, 0.15) is 11.1 Å². The van der Waals surface area contributed by atoms with Crippen LogP contribution in [0, 0.1) is 6.92 Å². The van der Waals surface area contributed by atoms with Crippen molar-refractivity contribution in [1.29, 1.82) is 0 Å². The highest BCUT2D eigenvalue weighted by Gasteiger charge is 2.15. The maximum Gasteiger partial charge on any atom is 0.274 e. The van der Waals surface area contributed by atoms with Crippen LogP contribution in [0.15, 0.2) is 107 Å². The van der Waals surface area contributed by atoms with Crippen molar-refractivity contribution in [3.63, 3.8) is 0 Å². The van der Waals surface area contributed by atoms with Gasteiger partial charge in [0.1, 0.15) is 0 Å². The Labute approximate surface area is 203 Å². The van der Waals surface area contributed by atoms with Crippen LogP contribution in [-0.2, 0) is 16.6 Å². The van der Waals surface area contributed by atoms with Crippen molar-refractivity contribution in [2.24, 2.45) is 5.14 Å². The van der Waals surface area contributed by atoms with Gasteiger partial charge in [0.25, 0.3) is 5.56 Å². The molecule has 6 nitrogen and oxygen atoms in total. The molecule has 0 unspecified atom stereocenters. The number of hydrogen-bond acceptors (Lipinski definition) is 4. The quantitative estimate of drug-likeness (QED) is 0.392. The number of benzene rings is 4. The van der Waals surface area contributed by atoms with Crippen LogP contribution in [0.25, 0.3) is 33.2 Å². The topological polar surface area (TPSA) is 95.1 Å². The molecule has 1 heterocycles. The largest absolute Gasteiger partial charge is 0.274 e. The Kier molecular flexibility index (Phi) is 5.80. The average molecular weight is 482 g/mol. The second-order valence-electron chi connectivity index (χ2n) is 8.46. The molecule has 5 rings (SSSR count). The van der Waals surface area contributed by atoms with Crippen LogP contribution < -0.4 is 10.7 Å². The summed E-state index contributed by atoms with van der Waals surface area (Å²) in [4.78, 5) is 13.3. The highest BCUT2D eigenvalue weighted by molar-refractivity contribution is 7.89. The van der Waals surface area contributed by atoms with Crippen molar-refractivity contribution < 1.29 is 8.42 Å². The van der Waals surface area contributed by atoms with E-state index in [1.807, 2.05) is 79.7 Å². The summed E-state index contributed by atoms with van der Waals surface area (Å²) in [6.45, 7) is 2.31. The minimum atomic E-state index is -3.86. The number of primary sulfonamides is 1. The van der Waals surface area contributed by atoms with E-state index in [2.05, 4.69) is 0 Å². The van der Waals surface area contributed by atoms with E-state index in [-0.39, 0.29) is 17.0 Å². The number of fused-ring (bicyclic) bond motifs is 1. The van der Waals surface area contributed by atoms with Gasteiger partial charge < -0.3 is 0 Å². The third kappa shape index (κ3) is 4.51. The van der Waals surface area contributed by atoms with Crippen molar-refractivity contribution in [3.8, 4) is 22.4 Å². The molecule has 4 aromatic carbocycles. The highest BCUT2D eigenvalue weighted by atomic mass is 32.2. The molecule has 0 radical (unpaired) electrons. The van der Waals surface area contributed by atoms with Gasteiger partial charge in [-0.25, -0.2) is 18.2 Å². The monoisotopic (exact) mass is 481 g/mol. The third-order valence-electron chi connectivity index (χ3n) is 5.98. The van der Waals surface area contributed by atoms with Crippen LogP contribution >= 0.6 is 0 Å². The number of hydrogen-bond donors (Lipinski definition) is 1. The zero-order chi connectivity index (χ0) is 24.6. The van der Waals surface area contributed by atoms with E-state index < -0.39 is 10.0 Å². The van der Waals surface area contributed by atoms with Gasteiger partial charge in [0.2, 0.25) is 10.0 Å². The molecule has 0 atom stereocenters. The van der Waals surface area contributed by atoms with E-state index in [4.69, 9.17) is 10.2 Å². The van der Waals surface area contributed by atoms with Crippen LogP contribution in [0.4, 0.5) is 0 Å². The molecule has 0 spiro atoms. The Morgan fingerprint density at radius 2 is 1.37 bits per heavy atom. The van der Waals surface area contributed by atoms with Gasteiger partial charge in [-0.15, -0.1) is 0 Å². The molecule has 5 aromatic rings. The van der Waals surface area contributed by atoms with E-state index in [1.165, 1.54) is 10.7 Å². The summed E-state index contributed by atoms with van der Waals surface area (Å²) in [5, 5.41) is 11.5. The normalized spacial score (nSPS) is 11.6. The fourth-order valence-electron chi connectivity index (χ4n) is 4.18. The van der Waals surface area contributed by atoms with E-state index in [1.54, 1.807) is 18.2 Å². The van der Waals surface area contributed by atoms with Gasteiger partial charge in [-0.3, -0.25) is 4.79 Å². The number of aryl methyl sites for hydroxylation is 1. The van der Waals surface area contributed by atoms with E-state index in [9.17, 15) is 13.2 Å². The van der Waals surface area contributed by atoms with E-state index in [0.29, 0.717) is 10.9 Å². The number of nitrogens with zero attached hydrogens (tertiary/aromatic N) is 2. The fourth-order valence-corrected chi connectivity index (χ4v) is 4.94. The summed E-state index contributed by atoms with van der Waals surface area (Å²) in [5.41, 5.74) is 4.79. The summed E-state index contributed by atoms with van der Waals surface area (Å²) in [5.74, 6) is 0. The summed E-state index contributed by atoms with van der Waals surface area (Å²) >= 11 is 0. The molecule has 0 bridgehead atoms. The first-order valence-corrected chi connectivity index (χ1v) is 12.6. The Morgan fingerprint density at radius 1 is 0.771 bits per heavy atom. The summed E-state index contributed by atoms with van der Waals surface area (Å²) in [7, 11) is -3.86. The van der Waals surface area contributed by atoms with Crippen LogP contribution in [0.3, 0.4) is 0 Å². The molecule has 0 saturated heterocycles. The first-order valence-electron chi connectivity index (χ1n) is 11.1.